The molecule has 0 spiro atoms. The van der Waals surface area contributed by atoms with Crippen molar-refractivity contribution in [3.05, 3.63) is 36.0 Å². The van der Waals surface area contributed by atoms with E-state index in [1.165, 1.54) is 16.5 Å². The Labute approximate surface area is 160 Å². The molecule has 2 fully saturated rings. The number of carbonyl (C=O) groups excluding carboxylic acids is 2. The van der Waals surface area contributed by atoms with Gasteiger partial charge in [0.25, 0.3) is 0 Å². The summed E-state index contributed by atoms with van der Waals surface area (Å²) in [7, 11) is 2.05. The number of fused-ring (bicyclic) bond motifs is 1. The molecule has 1 saturated carbocycles. The number of nitrogens with zero attached hydrogens (tertiary/aromatic N) is 3. The van der Waals surface area contributed by atoms with Crippen molar-refractivity contribution >= 4 is 22.7 Å². The number of amides is 2. The summed E-state index contributed by atoms with van der Waals surface area (Å²) in [6.07, 6.45) is 5.45. The van der Waals surface area contributed by atoms with E-state index in [1.807, 2.05) is 29.0 Å². The highest BCUT2D eigenvalue weighted by molar-refractivity contribution is 5.85. The molecule has 1 saturated heterocycles. The van der Waals surface area contributed by atoms with Crippen LogP contribution in [0.25, 0.3) is 10.9 Å². The molecule has 2 heterocycles. The summed E-state index contributed by atoms with van der Waals surface area (Å²) < 4.78 is 2.13. The largest absolute Gasteiger partial charge is 0.350 e. The van der Waals surface area contributed by atoms with E-state index in [0.717, 1.165) is 19.3 Å². The Hall–Kier alpha value is -2.30. The highest BCUT2D eigenvalue weighted by Gasteiger charge is 2.41. The average molecular weight is 367 g/mol. The SMILES string of the molecule is Cn1cc(CCC(=O)N2CCN(C(=O)C3CC3)CC2(C)C)c2ccccc21. The molecule has 4 rings (SSSR count). The normalized spacial score (nSPS) is 19.5. The minimum Gasteiger partial charge on any atom is -0.350 e. The van der Waals surface area contributed by atoms with Gasteiger partial charge in [-0.05, 0) is 44.7 Å². The Morgan fingerprint density at radius 2 is 1.89 bits per heavy atom. The quantitative estimate of drug-likeness (QED) is 0.834. The Bertz CT molecular complexity index is 879. The molecule has 0 unspecified atom stereocenters. The molecule has 0 radical (unpaired) electrons. The molecular weight excluding hydrogens is 338 g/mol. The van der Waals surface area contributed by atoms with Crippen LogP contribution in [0, 0.1) is 5.92 Å². The van der Waals surface area contributed by atoms with E-state index in [0.29, 0.717) is 26.1 Å². The Morgan fingerprint density at radius 3 is 2.59 bits per heavy atom. The van der Waals surface area contributed by atoms with Crippen molar-refractivity contribution < 1.29 is 9.59 Å². The van der Waals surface area contributed by atoms with Crippen LogP contribution in [0.5, 0.6) is 0 Å². The molecule has 144 valence electrons. The van der Waals surface area contributed by atoms with Crippen LogP contribution < -0.4 is 0 Å². The summed E-state index contributed by atoms with van der Waals surface area (Å²) in [5.41, 5.74) is 2.12. The van der Waals surface area contributed by atoms with Gasteiger partial charge in [-0.25, -0.2) is 0 Å². The maximum absolute atomic E-state index is 13.0. The first-order valence-corrected chi connectivity index (χ1v) is 9.99. The lowest BCUT2D eigenvalue weighted by Gasteiger charge is -2.47. The number of piperazine rings is 1. The van der Waals surface area contributed by atoms with E-state index < -0.39 is 0 Å². The molecule has 2 aliphatic rings. The molecule has 5 heteroatoms. The number of aryl methyl sites for hydroxylation is 2. The van der Waals surface area contributed by atoms with Gasteiger partial charge >= 0.3 is 0 Å². The maximum Gasteiger partial charge on any atom is 0.225 e. The first kappa shape index (κ1) is 18.1. The van der Waals surface area contributed by atoms with Gasteiger partial charge in [-0.3, -0.25) is 9.59 Å². The lowest BCUT2D eigenvalue weighted by Crippen LogP contribution is -2.62. The zero-order chi connectivity index (χ0) is 19.2. The second-order valence-electron chi connectivity index (χ2n) is 8.67. The van der Waals surface area contributed by atoms with Crippen LogP contribution in [-0.4, -0.2) is 51.4 Å². The van der Waals surface area contributed by atoms with Crippen molar-refractivity contribution in [1.29, 1.82) is 0 Å². The number of aromatic nitrogens is 1. The second kappa shape index (κ2) is 6.70. The van der Waals surface area contributed by atoms with E-state index >= 15 is 0 Å². The third-order valence-corrected chi connectivity index (χ3v) is 6.03. The number of benzene rings is 1. The van der Waals surface area contributed by atoms with E-state index in [2.05, 4.69) is 36.7 Å². The van der Waals surface area contributed by atoms with Crippen molar-refractivity contribution in [2.75, 3.05) is 19.6 Å². The van der Waals surface area contributed by atoms with Crippen LogP contribution in [0.4, 0.5) is 0 Å². The molecule has 0 bridgehead atoms. The van der Waals surface area contributed by atoms with E-state index in [-0.39, 0.29) is 23.3 Å². The average Bonchev–Trinajstić information content (AvgIpc) is 3.43. The summed E-state index contributed by atoms with van der Waals surface area (Å²) >= 11 is 0. The number of hydrogen-bond acceptors (Lipinski definition) is 2. The van der Waals surface area contributed by atoms with E-state index in [4.69, 9.17) is 0 Å². The number of carbonyl (C=O) groups is 2. The van der Waals surface area contributed by atoms with Gasteiger partial charge in [0, 0.05) is 56.1 Å². The molecule has 1 aromatic heterocycles. The zero-order valence-corrected chi connectivity index (χ0v) is 16.6. The summed E-state index contributed by atoms with van der Waals surface area (Å²) in [5.74, 6) is 0.715. The lowest BCUT2D eigenvalue weighted by molar-refractivity contribution is -0.148. The van der Waals surface area contributed by atoms with Gasteiger partial charge in [0.15, 0.2) is 0 Å². The Morgan fingerprint density at radius 1 is 1.15 bits per heavy atom. The third-order valence-electron chi connectivity index (χ3n) is 6.03. The summed E-state index contributed by atoms with van der Waals surface area (Å²) in [6, 6.07) is 8.33. The maximum atomic E-state index is 13.0. The Balaban J connectivity index is 1.41. The highest BCUT2D eigenvalue weighted by Crippen LogP contribution is 2.33. The van der Waals surface area contributed by atoms with Crippen LogP contribution >= 0.6 is 0 Å². The van der Waals surface area contributed by atoms with Gasteiger partial charge in [0.2, 0.25) is 11.8 Å². The lowest BCUT2D eigenvalue weighted by atomic mass is 9.97. The number of para-hydroxylation sites is 1. The predicted molar refractivity (Wildman–Crippen MR) is 106 cm³/mol. The molecule has 27 heavy (non-hydrogen) atoms. The molecule has 2 aromatic rings. The van der Waals surface area contributed by atoms with E-state index in [1.54, 1.807) is 0 Å². The molecule has 5 nitrogen and oxygen atoms in total. The van der Waals surface area contributed by atoms with Crippen LogP contribution in [-0.2, 0) is 23.1 Å². The van der Waals surface area contributed by atoms with Gasteiger partial charge in [-0.15, -0.1) is 0 Å². The fraction of sp³-hybridized carbons (Fsp3) is 0.545. The van der Waals surface area contributed by atoms with Crippen molar-refractivity contribution in [3.63, 3.8) is 0 Å². The zero-order valence-electron chi connectivity index (χ0n) is 16.6. The Kier molecular flexibility index (Phi) is 4.49. The van der Waals surface area contributed by atoms with E-state index in [9.17, 15) is 9.59 Å². The van der Waals surface area contributed by atoms with Gasteiger partial charge in [-0.1, -0.05) is 18.2 Å². The molecule has 2 amide bonds. The number of rotatable bonds is 4. The summed E-state index contributed by atoms with van der Waals surface area (Å²) in [4.78, 5) is 29.3. The van der Waals surface area contributed by atoms with Crippen molar-refractivity contribution in [1.82, 2.24) is 14.4 Å². The van der Waals surface area contributed by atoms with Crippen molar-refractivity contribution in [2.45, 2.75) is 45.1 Å². The predicted octanol–water partition coefficient (Wildman–Crippen LogP) is 2.97. The topological polar surface area (TPSA) is 45.6 Å². The first-order valence-electron chi connectivity index (χ1n) is 9.99. The first-order chi connectivity index (χ1) is 12.9. The van der Waals surface area contributed by atoms with Crippen molar-refractivity contribution in [3.8, 4) is 0 Å². The van der Waals surface area contributed by atoms with Crippen molar-refractivity contribution in [2.24, 2.45) is 13.0 Å². The van der Waals surface area contributed by atoms with Gasteiger partial charge in [-0.2, -0.15) is 0 Å². The molecule has 0 N–H and O–H groups in total. The monoisotopic (exact) mass is 367 g/mol. The number of hydrogen-bond donors (Lipinski definition) is 0. The fourth-order valence-electron chi connectivity index (χ4n) is 4.40. The van der Waals surface area contributed by atoms with Gasteiger partial charge in [0.05, 0.1) is 5.54 Å². The van der Waals surface area contributed by atoms with Crippen LogP contribution in [0.15, 0.2) is 30.5 Å². The van der Waals surface area contributed by atoms with Crippen LogP contribution in [0.2, 0.25) is 0 Å². The van der Waals surface area contributed by atoms with Crippen LogP contribution in [0.3, 0.4) is 0 Å². The minimum atomic E-state index is -0.307. The molecule has 0 atom stereocenters. The molecule has 1 aromatic carbocycles. The van der Waals surface area contributed by atoms with Gasteiger partial charge in [0.1, 0.15) is 0 Å². The molecule has 1 aliphatic carbocycles. The standard InChI is InChI=1S/C22H29N3O2/c1-22(2)15-24(21(27)16-8-9-16)12-13-25(22)20(26)11-10-17-14-23(3)19-7-5-4-6-18(17)19/h4-7,14,16H,8-13,15H2,1-3H3. The fourth-order valence-corrected chi connectivity index (χ4v) is 4.40. The molecular formula is C22H29N3O2. The third kappa shape index (κ3) is 3.47. The smallest absolute Gasteiger partial charge is 0.225 e. The van der Waals surface area contributed by atoms with Crippen LogP contribution in [0.1, 0.15) is 38.7 Å². The summed E-state index contributed by atoms with van der Waals surface area (Å²) in [6.45, 7) is 6.10. The molecule has 1 aliphatic heterocycles. The van der Waals surface area contributed by atoms with Gasteiger partial charge < -0.3 is 14.4 Å². The summed E-state index contributed by atoms with van der Waals surface area (Å²) in [5, 5.41) is 1.23. The second-order valence-corrected chi connectivity index (χ2v) is 8.67. The highest BCUT2D eigenvalue weighted by atomic mass is 16.2. The minimum absolute atomic E-state index is 0.187.